The van der Waals surface area contributed by atoms with Crippen LogP contribution in [0.25, 0.3) is 0 Å². The molecule has 2 fully saturated rings. The van der Waals surface area contributed by atoms with E-state index in [4.69, 9.17) is 4.74 Å². The minimum atomic E-state index is -0.501. The van der Waals surface area contributed by atoms with Crippen LogP contribution in [0.4, 0.5) is 9.59 Å². The van der Waals surface area contributed by atoms with E-state index in [1.165, 1.54) is 0 Å². The maximum absolute atomic E-state index is 12.4. The molecule has 2 saturated heterocycles. The highest BCUT2D eigenvalue weighted by Gasteiger charge is 2.30. The van der Waals surface area contributed by atoms with Crippen molar-refractivity contribution in [3.63, 3.8) is 0 Å². The predicted molar refractivity (Wildman–Crippen MR) is 81.6 cm³/mol. The summed E-state index contributed by atoms with van der Waals surface area (Å²) in [6.07, 6.45) is 0.682. The highest BCUT2D eigenvalue weighted by molar-refractivity contribution is 5.75. The number of hydrogen-bond donors (Lipinski definition) is 1. The van der Waals surface area contributed by atoms with Gasteiger partial charge in [0, 0.05) is 39.3 Å². The molecule has 0 aromatic heterocycles. The van der Waals surface area contributed by atoms with Crippen molar-refractivity contribution < 1.29 is 19.4 Å². The second kappa shape index (κ2) is 6.73. The first-order valence-corrected chi connectivity index (χ1v) is 7.96. The standard InChI is InChI=1S/C15H27N3O4/c1-15(2,3)22-14(21)18-10-8-17(9-11-18)13(20)16-6-4-12(19)5-7-16/h12,19H,4-11H2,1-3H3. The van der Waals surface area contributed by atoms with Gasteiger partial charge in [-0.2, -0.15) is 0 Å². The van der Waals surface area contributed by atoms with Crippen LogP contribution in [-0.4, -0.2) is 82.9 Å². The molecule has 0 aromatic rings. The summed E-state index contributed by atoms with van der Waals surface area (Å²) in [4.78, 5) is 29.6. The Kier molecular flexibility index (Phi) is 5.16. The number of rotatable bonds is 0. The molecule has 2 rings (SSSR count). The zero-order valence-corrected chi connectivity index (χ0v) is 13.7. The van der Waals surface area contributed by atoms with E-state index in [2.05, 4.69) is 0 Å². The average Bonchev–Trinajstić information content (AvgIpc) is 2.46. The Morgan fingerprint density at radius 3 is 1.86 bits per heavy atom. The number of aliphatic hydroxyl groups is 1. The third-order valence-corrected chi connectivity index (χ3v) is 3.94. The molecule has 1 N–H and O–H groups in total. The summed E-state index contributed by atoms with van der Waals surface area (Å²) < 4.78 is 5.35. The first-order valence-electron chi connectivity index (χ1n) is 7.96. The monoisotopic (exact) mass is 313 g/mol. The van der Waals surface area contributed by atoms with Crippen molar-refractivity contribution in [3.8, 4) is 0 Å². The third-order valence-electron chi connectivity index (χ3n) is 3.94. The number of carbonyl (C=O) groups is 2. The van der Waals surface area contributed by atoms with Gasteiger partial charge in [-0.1, -0.05) is 0 Å². The van der Waals surface area contributed by atoms with Gasteiger partial charge >= 0.3 is 12.1 Å². The molecular weight excluding hydrogens is 286 g/mol. The molecule has 126 valence electrons. The second-order valence-electron chi connectivity index (χ2n) is 6.96. The van der Waals surface area contributed by atoms with E-state index in [1.807, 2.05) is 20.8 Å². The molecule has 0 bridgehead atoms. The van der Waals surface area contributed by atoms with Crippen LogP contribution in [0, 0.1) is 0 Å². The number of hydrogen-bond acceptors (Lipinski definition) is 4. The van der Waals surface area contributed by atoms with Crippen molar-refractivity contribution in [2.24, 2.45) is 0 Å². The van der Waals surface area contributed by atoms with Gasteiger partial charge in [-0.05, 0) is 33.6 Å². The Hall–Kier alpha value is -1.50. The van der Waals surface area contributed by atoms with Crippen LogP contribution in [0.1, 0.15) is 33.6 Å². The number of likely N-dealkylation sites (tertiary alicyclic amines) is 1. The molecule has 0 aliphatic carbocycles. The molecule has 2 aliphatic rings. The summed E-state index contributed by atoms with van der Waals surface area (Å²) in [7, 11) is 0. The Morgan fingerprint density at radius 1 is 0.909 bits per heavy atom. The lowest BCUT2D eigenvalue weighted by Gasteiger charge is -2.39. The largest absolute Gasteiger partial charge is 0.444 e. The number of ether oxygens (including phenoxy) is 1. The lowest BCUT2D eigenvalue weighted by Crippen LogP contribution is -2.55. The fourth-order valence-electron chi connectivity index (χ4n) is 2.66. The van der Waals surface area contributed by atoms with Gasteiger partial charge in [0.1, 0.15) is 5.60 Å². The van der Waals surface area contributed by atoms with Crippen molar-refractivity contribution in [2.75, 3.05) is 39.3 Å². The molecule has 0 unspecified atom stereocenters. The zero-order valence-electron chi connectivity index (χ0n) is 13.7. The van der Waals surface area contributed by atoms with E-state index in [9.17, 15) is 14.7 Å². The first-order chi connectivity index (χ1) is 10.3. The van der Waals surface area contributed by atoms with Gasteiger partial charge in [-0.15, -0.1) is 0 Å². The molecule has 0 aromatic carbocycles. The number of aliphatic hydroxyl groups excluding tert-OH is 1. The topological polar surface area (TPSA) is 73.3 Å². The molecule has 0 spiro atoms. The lowest BCUT2D eigenvalue weighted by atomic mass is 10.1. The molecule has 0 atom stereocenters. The van der Waals surface area contributed by atoms with Crippen LogP contribution in [-0.2, 0) is 4.74 Å². The van der Waals surface area contributed by atoms with Gasteiger partial charge in [0.25, 0.3) is 0 Å². The van der Waals surface area contributed by atoms with Crippen LogP contribution in [0.3, 0.4) is 0 Å². The fraction of sp³-hybridized carbons (Fsp3) is 0.867. The van der Waals surface area contributed by atoms with Crippen molar-refractivity contribution in [1.82, 2.24) is 14.7 Å². The summed E-state index contributed by atoms with van der Waals surface area (Å²) >= 11 is 0. The number of piperazine rings is 1. The third kappa shape index (κ3) is 4.50. The minimum absolute atomic E-state index is 0.00994. The van der Waals surface area contributed by atoms with Crippen LogP contribution < -0.4 is 0 Å². The Labute approximate surface area is 131 Å². The number of urea groups is 1. The summed E-state index contributed by atoms with van der Waals surface area (Å²) in [6, 6.07) is 0.00994. The molecule has 7 heteroatoms. The number of piperidine rings is 1. The SMILES string of the molecule is CC(C)(C)OC(=O)N1CCN(C(=O)N2CCC(O)CC2)CC1. The lowest BCUT2D eigenvalue weighted by molar-refractivity contribution is 0.0145. The Morgan fingerprint density at radius 2 is 1.36 bits per heavy atom. The maximum Gasteiger partial charge on any atom is 0.410 e. The van der Waals surface area contributed by atoms with Gasteiger partial charge in [0.2, 0.25) is 0 Å². The molecule has 3 amide bonds. The highest BCUT2D eigenvalue weighted by atomic mass is 16.6. The van der Waals surface area contributed by atoms with Crippen LogP contribution in [0.2, 0.25) is 0 Å². The molecule has 7 nitrogen and oxygen atoms in total. The predicted octanol–water partition coefficient (Wildman–Crippen LogP) is 1.12. The smallest absolute Gasteiger partial charge is 0.410 e. The first kappa shape index (κ1) is 16.9. The average molecular weight is 313 g/mol. The second-order valence-corrected chi connectivity index (χ2v) is 6.96. The quantitative estimate of drug-likeness (QED) is 0.727. The van der Waals surface area contributed by atoms with Crippen molar-refractivity contribution in [2.45, 2.75) is 45.3 Å². The molecular formula is C15H27N3O4. The molecule has 2 aliphatic heterocycles. The van der Waals surface area contributed by atoms with Gasteiger partial charge in [0.15, 0.2) is 0 Å². The number of carbonyl (C=O) groups excluding carboxylic acids is 2. The summed E-state index contributed by atoms with van der Waals surface area (Å²) in [6.45, 7) is 8.78. The van der Waals surface area contributed by atoms with E-state index >= 15 is 0 Å². The van der Waals surface area contributed by atoms with Gasteiger partial charge in [0.05, 0.1) is 6.10 Å². The number of amides is 3. The molecule has 0 saturated carbocycles. The Bertz CT molecular complexity index is 406. The van der Waals surface area contributed by atoms with Crippen molar-refractivity contribution in [1.29, 1.82) is 0 Å². The summed E-state index contributed by atoms with van der Waals surface area (Å²) in [5, 5.41) is 9.50. The van der Waals surface area contributed by atoms with E-state index in [0.29, 0.717) is 52.1 Å². The van der Waals surface area contributed by atoms with E-state index in [0.717, 1.165) is 0 Å². The van der Waals surface area contributed by atoms with Crippen LogP contribution in [0.5, 0.6) is 0 Å². The molecule has 2 heterocycles. The van der Waals surface area contributed by atoms with Crippen LogP contribution in [0.15, 0.2) is 0 Å². The van der Waals surface area contributed by atoms with Crippen molar-refractivity contribution in [3.05, 3.63) is 0 Å². The molecule has 22 heavy (non-hydrogen) atoms. The number of nitrogens with zero attached hydrogens (tertiary/aromatic N) is 3. The minimum Gasteiger partial charge on any atom is -0.444 e. The van der Waals surface area contributed by atoms with Gasteiger partial charge in [-0.3, -0.25) is 0 Å². The van der Waals surface area contributed by atoms with E-state index in [1.54, 1.807) is 14.7 Å². The van der Waals surface area contributed by atoms with E-state index < -0.39 is 5.60 Å². The van der Waals surface area contributed by atoms with Gasteiger partial charge in [-0.25, -0.2) is 9.59 Å². The molecule has 0 radical (unpaired) electrons. The van der Waals surface area contributed by atoms with Crippen LogP contribution >= 0.6 is 0 Å². The highest BCUT2D eigenvalue weighted by Crippen LogP contribution is 2.15. The Balaban J connectivity index is 1.79. The van der Waals surface area contributed by atoms with Gasteiger partial charge < -0.3 is 24.5 Å². The summed E-state index contributed by atoms with van der Waals surface area (Å²) in [5.74, 6) is 0. The summed E-state index contributed by atoms with van der Waals surface area (Å²) in [5.41, 5.74) is -0.501. The van der Waals surface area contributed by atoms with Crippen molar-refractivity contribution >= 4 is 12.1 Å². The fourth-order valence-corrected chi connectivity index (χ4v) is 2.66. The zero-order chi connectivity index (χ0) is 16.3. The normalized spacial score (nSPS) is 21.0. The maximum atomic E-state index is 12.4. The van der Waals surface area contributed by atoms with E-state index in [-0.39, 0.29) is 18.2 Å².